The lowest BCUT2D eigenvalue weighted by Gasteiger charge is -2.22. The van der Waals surface area contributed by atoms with E-state index in [1.165, 1.54) is 57.8 Å². The Morgan fingerprint density at radius 1 is 0.864 bits per heavy atom. The quantitative estimate of drug-likeness (QED) is 0.266. The highest BCUT2D eigenvalue weighted by Crippen LogP contribution is 2.24. The average Bonchev–Trinajstić information content (AvgIpc) is 2.49. The summed E-state index contributed by atoms with van der Waals surface area (Å²) in [6.07, 6.45) is 14.5. The first-order valence-corrected chi connectivity index (χ1v) is 9.89. The summed E-state index contributed by atoms with van der Waals surface area (Å²) in [4.78, 5) is 0. The van der Waals surface area contributed by atoms with E-state index in [-0.39, 0.29) is 0 Å². The van der Waals surface area contributed by atoms with E-state index in [9.17, 15) is 0 Å². The van der Waals surface area contributed by atoms with Crippen molar-refractivity contribution in [2.45, 2.75) is 98.4 Å². The molecule has 4 unspecified atom stereocenters. The van der Waals surface area contributed by atoms with Crippen LogP contribution in [0.2, 0.25) is 0 Å². The van der Waals surface area contributed by atoms with Gasteiger partial charge in [-0.25, -0.2) is 0 Å². The fraction of sp³-hybridized carbons (Fsp3) is 0.905. The maximum atomic E-state index is 4.05. The molecule has 0 amide bonds. The lowest BCUT2D eigenvalue weighted by molar-refractivity contribution is 0.355. The van der Waals surface area contributed by atoms with Crippen molar-refractivity contribution in [3.05, 3.63) is 12.7 Å². The maximum absolute atomic E-state index is 4.05. The van der Waals surface area contributed by atoms with Crippen molar-refractivity contribution < 1.29 is 0 Å². The summed E-state index contributed by atoms with van der Waals surface area (Å²) in [6, 6.07) is 0.611. The third-order valence-corrected chi connectivity index (χ3v) is 4.94. The van der Waals surface area contributed by atoms with Crippen LogP contribution in [0.1, 0.15) is 92.4 Å². The maximum Gasteiger partial charge on any atom is 0.00442 e. The minimum Gasteiger partial charge on any atom is -0.315 e. The van der Waals surface area contributed by atoms with E-state index >= 15 is 0 Å². The van der Waals surface area contributed by atoms with E-state index < -0.39 is 0 Å². The van der Waals surface area contributed by atoms with Crippen molar-refractivity contribution in [3.63, 3.8) is 0 Å². The Bertz CT molecular complexity index is 248. The van der Waals surface area contributed by atoms with Gasteiger partial charge in [-0.3, -0.25) is 0 Å². The van der Waals surface area contributed by atoms with E-state index in [0.29, 0.717) is 12.0 Å². The molecule has 0 spiro atoms. The van der Waals surface area contributed by atoms with Crippen LogP contribution in [-0.4, -0.2) is 12.6 Å². The minimum atomic E-state index is 0.611. The molecule has 0 aromatic rings. The standard InChI is InChI=1S/C21H43N/c1-7-10-13-18(4)14-11-12-15-19(5)16-21(8-2)17-20(6)22-9-3/h8,18-22H,2,7,9-17H2,1,3-6H3. The van der Waals surface area contributed by atoms with Crippen molar-refractivity contribution in [3.8, 4) is 0 Å². The number of rotatable bonds is 15. The molecule has 22 heavy (non-hydrogen) atoms. The molecule has 0 aromatic heterocycles. The molecule has 0 fully saturated rings. The van der Waals surface area contributed by atoms with E-state index in [1.54, 1.807) is 0 Å². The molecule has 0 aliphatic rings. The van der Waals surface area contributed by atoms with Crippen LogP contribution in [0.25, 0.3) is 0 Å². The average molecular weight is 310 g/mol. The minimum absolute atomic E-state index is 0.611. The lowest BCUT2D eigenvalue weighted by atomic mass is 9.87. The first-order chi connectivity index (χ1) is 10.5. The Morgan fingerprint density at radius 2 is 1.45 bits per heavy atom. The van der Waals surface area contributed by atoms with Crippen LogP contribution >= 0.6 is 0 Å². The van der Waals surface area contributed by atoms with Gasteiger partial charge in [0.1, 0.15) is 0 Å². The Labute approximate surface area is 141 Å². The molecule has 4 atom stereocenters. The highest BCUT2D eigenvalue weighted by molar-refractivity contribution is 4.83. The SMILES string of the molecule is C=CC(CC(C)CCCCC(C)CCCC)CC(C)NCC. The van der Waals surface area contributed by atoms with Gasteiger partial charge in [-0.15, -0.1) is 6.58 Å². The van der Waals surface area contributed by atoms with Crippen LogP contribution in [0.5, 0.6) is 0 Å². The molecule has 1 N–H and O–H groups in total. The molecular weight excluding hydrogens is 266 g/mol. The van der Waals surface area contributed by atoms with Gasteiger partial charge in [-0.2, -0.15) is 0 Å². The third kappa shape index (κ3) is 12.3. The van der Waals surface area contributed by atoms with Gasteiger partial charge in [0.05, 0.1) is 0 Å². The highest BCUT2D eigenvalue weighted by atomic mass is 14.9. The zero-order valence-electron chi connectivity index (χ0n) is 16.2. The van der Waals surface area contributed by atoms with Crippen LogP contribution in [0.3, 0.4) is 0 Å². The Kier molecular flexibility index (Phi) is 14.1. The van der Waals surface area contributed by atoms with Crippen LogP contribution in [0.4, 0.5) is 0 Å². The molecule has 0 bridgehead atoms. The zero-order valence-corrected chi connectivity index (χ0v) is 16.2. The molecule has 0 rings (SSSR count). The van der Waals surface area contributed by atoms with Gasteiger partial charge in [0.25, 0.3) is 0 Å². The summed E-state index contributed by atoms with van der Waals surface area (Å²) in [5.41, 5.74) is 0. The van der Waals surface area contributed by atoms with E-state index in [2.05, 4.69) is 52.6 Å². The molecule has 0 heterocycles. The van der Waals surface area contributed by atoms with Gasteiger partial charge < -0.3 is 5.32 Å². The van der Waals surface area contributed by atoms with Crippen molar-refractivity contribution in [2.75, 3.05) is 6.54 Å². The summed E-state index contributed by atoms with van der Waals surface area (Å²) in [5.74, 6) is 2.44. The van der Waals surface area contributed by atoms with Gasteiger partial charge in [-0.1, -0.05) is 78.7 Å². The smallest absolute Gasteiger partial charge is 0.00442 e. The molecule has 0 saturated heterocycles. The Morgan fingerprint density at radius 3 is 2.00 bits per heavy atom. The number of nitrogens with one attached hydrogen (secondary N) is 1. The zero-order chi connectivity index (χ0) is 16.8. The third-order valence-electron chi connectivity index (χ3n) is 4.94. The van der Waals surface area contributed by atoms with Crippen molar-refractivity contribution >= 4 is 0 Å². The second kappa shape index (κ2) is 14.3. The van der Waals surface area contributed by atoms with Crippen molar-refractivity contribution in [2.24, 2.45) is 17.8 Å². The monoisotopic (exact) mass is 309 g/mol. The van der Waals surface area contributed by atoms with Crippen molar-refractivity contribution in [1.29, 1.82) is 0 Å². The predicted octanol–water partition coefficient (Wildman–Crippen LogP) is 6.59. The van der Waals surface area contributed by atoms with Gasteiger partial charge in [0, 0.05) is 6.04 Å². The first-order valence-electron chi connectivity index (χ1n) is 9.89. The molecule has 132 valence electrons. The molecule has 0 saturated carbocycles. The van der Waals surface area contributed by atoms with Gasteiger partial charge in [0.2, 0.25) is 0 Å². The van der Waals surface area contributed by atoms with E-state index in [4.69, 9.17) is 0 Å². The number of hydrogen-bond donors (Lipinski definition) is 1. The topological polar surface area (TPSA) is 12.0 Å². The molecule has 0 aliphatic heterocycles. The fourth-order valence-electron chi connectivity index (χ4n) is 3.49. The van der Waals surface area contributed by atoms with Crippen LogP contribution in [-0.2, 0) is 0 Å². The number of hydrogen-bond acceptors (Lipinski definition) is 1. The molecule has 0 aliphatic carbocycles. The fourth-order valence-corrected chi connectivity index (χ4v) is 3.49. The van der Waals surface area contributed by atoms with Gasteiger partial charge in [-0.05, 0) is 44.1 Å². The van der Waals surface area contributed by atoms with E-state index in [1.807, 2.05) is 0 Å². The highest BCUT2D eigenvalue weighted by Gasteiger charge is 2.13. The summed E-state index contributed by atoms with van der Waals surface area (Å²) in [7, 11) is 0. The van der Waals surface area contributed by atoms with Crippen LogP contribution in [0, 0.1) is 17.8 Å². The first kappa shape index (κ1) is 21.7. The molecule has 1 nitrogen and oxygen atoms in total. The Balaban J connectivity index is 3.77. The number of unbranched alkanes of at least 4 members (excludes halogenated alkanes) is 2. The molecule has 0 aromatic carbocycles. The largest absolute Gasteiger partial charge is 0.315 e. The van der Waals surface area contributed by atoms with Crippen LogP contribution in [0.15, 0.2) is 12.7 Å². The summed E-state index contributed by atoms with van der Waals surface area (Å²) < 4.78 is 0. The van der Waals surface area contributed by atoms with E-state index in [0.717, 1.165) is 18.4 Å². The Hall–Kier alpha value is -0.300. The van der Waals surface area contributed by atoms with Gasteiger partial charge >= 0.3 is 0 Å². The normalized spacial score (nSPS) is 17.0. The second-order valence-electron chi connectivity index (χ2n) is 7.56. The molecular formula is C21H43N. The molecule has 1 heteroatoms. The summed E-state index contributed by atoms with van der Waals surface area (Å²) in [6.45, 7) is 16.7. The lowest BCUT2D eigenvalue weighted by Crippen LogP contribution is -2.28. The van der Waals surface area contributed by atoms with Crippen LogP contribution < -0.4 is 5.32 Å². The predicted molar refractivity (Wildman–Crippen MR) is 102 cm³/mol. The second-order valence-corrected chi connectivity index (χ2v) is 7.56. The summed E-state index contributed by atoms with van der Waals surface area (Å²) in [5, 5.41) is 3.52. The van der Waals surface area contributed by atoms with Crippen molar-refractivity contribution in [1.82, 2.24) is 5.32 Å². The summed E-state index contributed by atoms with van der Waals surface area (Å²) >= 11 is 0. The van der Waals surface area contributed by atoms with Gasteiger partial charge in [0.15, 0.2) is 0 Å². The molecule has 0 radical (unpaired) electrons. The number of allylic oxidation sites excluding steroid dienone is 1.